The maximum Gasteiger partial charge on any atom is 0.262 e. The summed E-state index contributed by atoms with van der Waals surface area (Å²) in [5, 5.41) is 5.91. The number of amides is 2. The van der Waals surface area contributed by atoms with Crippen molar-refractivity contribution in [1.82, 2.24) is 15.1 Å². The molecule has 7 heteroatoms. The summed E-state index contributed by atoms with van der Waals surface area (Å²) >= 11 is 0. The number of benzene rings is 1. The minimum absolute atomic E-state index is 0.00646. The Morgan fingerprint density at radius 3 is 2.63 bits per heavy atom. The average molecular weight is 372 g/mol. The van der Waals surface area contributed by atoms with Crippen LogP contribution in [0.1, 0.15) is 36.0 Å². The monoisotopic (exact) mass is 372 g/mol. The Hall–Kier alpha value is -2.12. The molecule has 146 valence electrons. The first-order valence-electron chi connectivity index (χ1n) is 9.88. The molecule has 1 aromatic carbocycles. The lowest BCUT2D eigenvalue weighted by Gasteiger charge is -2.41. The summed E-state index contributed by atoms with van der Waals surface area (Å²) in [4.78, 5) is 29.0. The molecule has 0 aromatic heterocycles. The van der Waals surface area contributed by atoms with E-state index in [1.807, 2.05) is 0 Å². The number of likely N-dealkylation sites (tertiary alicyclic amines) is 2. The van der Waals surface area contributed by atoms with Crippen molar-refractivity contribution in [2.24, 2.45) is 0 Å². The van der Waals surface area contributed by atoms with Crippen LogP contribution < -0.4 is 15.4 Å². The van der Waals surface area contributed by atoms with Crippen LogP contribution in [-0.2, 0) is 4.79 Å². The van der Waals surface area contributed by atoms with Crippen molar-refractivity contribution in [1.29, 1.82) is 0 Å². The highest BCUT2D eigenvalue weighted by atomic mass is 16.5. The molecule has 4 rings (SSSR count). The van der Waals surface area contributed by atoms with Gasteiger partial charge >= 0.3 is 0 Å². The molecule has 0 radical (unpaired) electrons. The first-order chi connectivity index (χ1) is 13.1. The van der Waals surface area contributed by atoms with Crippen LogP contribution in [0.2, 0.25) is 0 Å². The van der Waals surface area contributed by atoms with Gasteiger partial charge in [-0.15, -0.1) is 0 Å². The van der Waals surface area contributed by atoms with Crippen LogP contribution in [0.3, 0.4) is 0 Å². The minimum Gasteiger partial charge on any atom is -0.482 e. The molecule has 1 aromatic rings. The summed E-state index contributed by atoms with van der Waals surface area (Å²) in [5.41, 5.74) is 1.19. The molecule has 2 saturated heterocycles. The van der Waals surface area contributed by atoms with Crippen LogP contribution in [0.15, 0.2) is 18.2 Å². The zero-order chi connectivity index (χ0) is 18.8. The largest absolute Gasteiger partial charge is 0.482 e. The van der Waals surface area contributed by atoms with Crippen molar-refractivity contribution >= 4 is 17.5 Å². The highest BCUT2D eigenvalue weighted by Gasteiger charge is 2.28. The lowest BCUT2D eigenvalue weighted by atomic mass is 9.98. The van der Waals surface area contributed by atoms with E-state index < -0.39 is 0 Å². The van der Waals surface area contributed by atoms with Gasteiger partial charge in [-0.05, 0) is 64.0 Å². The number of nitrogens with zero attached hydrogens (tertiary/aromatic N) is 2. The minimum atomic E-state index is -0.170. The summed E-state index contributed by atoms with van der Waals surface area (Å²) in [7, 11) is 2.19. The second-order valence-corrected chi connectivity index (χ2v) is 7.87. The summed E-state index contributed by atoms with van der Waals surface area (Å²) in [6.45, 7) is 4.47. The number of carbonyl (C=O) groups excluding carboxylic acids is 2. The van der Waals surface area contributed by atoms with E-state index in [9.17, 15) is 9.59 Å². The van der Waals surface area contributed by atoms with Gasteiger partial charge in [0.1, 0.15) is 5.75 Å². The van der Waals surface area contributed by atoms with E-state index in [-0.39, 0.29) is 24.5 Å². The van der Waals surface area contributed by atoms with Crippen LogP contribution in [0, 0.1) is 0 Å². The van der Waals surface area contributed by atoms with Gasteiger partial charge in [-0.1, -0.05) is 0 Å². The number of ether oxygens (including phenoxy) is 1. The molecule has 0 spiro atoms. The number of piperidine rings is 2. The molecular formula is C20H28N4O3. The van der Waals surface area contributed by atoms with Crippen LogP contribution in [0.25, 0.3) is 0 Å². The Morgan fingerprint density at radius 1 is 1.15 bits per heavy atom. The average Bonchev–Trinajstić information content (AvgIpc) is 2.69. The standard InChI is InChI=1S/C20H28N4O3/c1-23-8-6-16(7-9-23)24-10-4-15(5-11-24)21-20(26)14-2-3-17-18(12-14)27-13-19(25)22-17/h2-3,12,15-16H,4-11,13H2,1H3,(H,21,26)(H,22,25). The summed E-state index contributed by atoms with van der Waals surface area (Å²) in [5.74, 6) is 0.312. The molecule has 2 fully saturated rings. The molecule has 3 heterocycles. The highest BCUT2D eigenvalue weighted by Crippen LogP contribution is 2.28. The Kier molecular flexibility index (Phi) is 5.31. The van der Waals surface area contributed by atoms with E-state index in [0.29, 0.717) is 23.0 Å². The maximum atomic E-state index is 12.6. The van der Waals surface area contributed by atoms with Crippen molar-refractivity contribution in [3.05, 3.63) is 23.8 Å². The van der Waals surface area contributed by atoms with Crippen LogP contribution >= 0.6 is 0 Å². The number of rotatable bonds is 3. The van der Waals surface area contributed by atoms with Gasteiger partial charge in [-0.3, -0.25) is 9.59 Å². The zero-order valence-electron chi connectivity index (χ0n) is 15.9. The lowest BCUT2D eigenvalue weighted by molar-refractivity contribution is -0.118. The number of carbonyl (C=O) groups is 2. The number of hydrogen-bond donors (Lipinski definition) is 2. The molecule has 0 unspecified atom stereocenters. The fraction of sp³-hybridized carbons (Fsp3) is 0.600. The van der Waals surface area contributed by atoms with E-state index in [4.69, 9.17) is 4.74 Å². The molecule has 7 nitrogen and oxygen atoms in total. The predicted octanol–water partition coefficient (Wildman–Crippen LogP) is 1.31. The molecule has 27 heavy (non-hydrogen) atoms. The number of nitrogens with one attached hydrogen (secondary N) is 2. The molecule has 0 atom stereocenters. The molecule has 2 amide bonds. The van der Waals surface area contributed by atoms with Crippen molar-refractivity contribution in [2.45, 2.75) is 37.8 Å². The van der Waals surface area contributed by atoms with Gasteiger partial charge in [0.25, 0.3) is 11.8 Å². The van der Waals surface area contributed by atoms with E-state index in [2.05, 4.69) is 27.5 Å². The van der Waals surface area contributed by atoms with Crippen LogP contribution in [0.4, 0.5) is 5.69 Å². The van der Waals surface area contributed by atoms with Gasteiger partial charge in [0, 0.05) is 30.7 Å². The normalized spacial score (nSPS) is 22.6. The summed E-state index contributed by atoms with van der Waals surface area (Å²) < 4.78 is 5.40. The quantitative estimate of drug-likeness (QED) is 0.837. The van der Waals surface area contributed by atoms with Crippen LogP contribution in [0.5, 0.6) is 5.75 Å². The van der Waals surface area contributed by atoms with Gasteiger partial charge in [0.2, 0.25) is 0 Å². The first kappa shape index (κ1) is 18.3. The second-order valence-electron chi connectivity index (χ2n) is 7.87. The number of hydrogen-bond acceptors (Lipinski definition) is 5. The van der Waals surface area contributed by atoms with Gasteiger partial charge in [-0.25, -0.2) is 0 Å². The number of fused-ring (bicyclic) bond motifs is 1. The van der Waals surface area contributed by atoms with Crippen molar-refractivity contribution in [3.8, 4) is 5.75 Å². The lowest BCUT2D eigenvalue weighted by Crippen LogP contribution is -2.50. The van der Waals surface area contributed by atoms with Crippen molar-refractivity contribution in [3.63, 3.8) is 0 Å². The third kappa shape index (κ3) is 4.25. The van der Waals surface area contributed by atoms with Gasteiger partial charge < -0.3 is 25.2 Å². The Labute approximate surface area is 160 Å². The Balaban J connectivity index is 1.29. The molecular weight excluding hydrogens is 344 g/mol. The van der Waals surface area contributed by atoms with E-state index >= 15 is 0 Å². The van der Waals surface area contributed by atoms with E-state index in [1.165, 1.54) is 25.9 Å². The Morgan fingerprint density at radius 2 is 1.89 bits per heavy atom. The van der Waals surface area contributed by atoms with Gasteiger partial charge in [-0.2, -0.15) is 0 Å². The van der Waals surface area contributed by atoms with Crippen molar-refractivity contribution in [2.75, 3.05) is 45.2 Å². The molecule has 0 bridgehead atoms. The fourth-order valence-corrected chi connectivity index (χ4v) is 4.25. The molecule has 3 aliphatic heterocycles. The predicted molar refractivity (Wildman–Crippen MR) is 103 cm³/mol. The molecule has 2 N–H and O–H groups in total. The molecule has 3 aliphatic rings. The first-order valence-corrected chi connectivity index (χ1v) is 9.88. The van der Waals surface area contributed by atoms with E-state index in [1.54, 1.807) is 18.2 Å². The smallest absolute Gasteiger partial charge is 0.262 e. The summed E-state index contributed by atoms with van der Waals surface area (Å²) in [6.07, 6.45) is 4.49. The SMILES string of the molecule is CN1CCC(N2CCC(NC(=O)c3ccc4c(c3)OCC(=O)N4)CC2)CC1. The number of anilines is 1. The van der Waals surface area contributed by atoms with Gasteiger partial charge in [0.05, 0.1) is 5.69 Å². The van der Waals surface area contributed by atoms with Gasteiger partial charge in [0.15, 0.2) is 6.61 Å². The zero-order valence-corrected chi connectivity index (χ0v) is 15.9. The third-order valence-corrected chi connectivity index (χ3v) is 5.95. The molecule has 0 saturated carbocycles. The maximum absolute atomic E-state index is 12.6. The van der Waals surface area contributed by atoms with E-state index in [0.717, 1.165) is 25.9 Å². The second kappa shape index (κ2) is 7.86. The third-order valence-electron chi connectivity index (χ3n) is 5.95. The Bertz CT molecular complexity index is 707. The summed E-state index contributed by atoms with van der Waals surface area (Å²) in [6, 6.07) is 6.08. The van der Waals surface area contributed by atoms with Crippen LogP contribution in [-0.4, -0.2) is 73.5 Å². The highest BCUT2D eigenvalue weighted by molar-refractivity contribution is 5.99. The fourth-order valence-electron chi connectivity index (χ4n) is 4.25. The van der Waals surface area contributed by atoms with Crippen molar-refractivity contribution < 1.29 is 14.3 Å². The molecule has 0 aliphatic carbocycles. The topological polar surface area (TPSA) is 73.9 Å².